The highest BCUT2D eigenvalue weighted by Crippen LogP contribution is 2.21. The van der Waals surface area contributed by atoms with E-state index in [1.807, 2.05) is 0 Å². The van der Waals surface area contributed by atoms with Crippen molar-refractivity contribution < 1.29 is 19.6 Å². The summed E-state index contributed by atoms with van der Waals surface area (Å²) in [5.74, 6) is -0.113. The molecule has 0 aromatic heterocycles. The van der Waals surface area contributed by atoms with Crippen molar-refractivity contribution in [3.8, 4) is 5.75 Å². The minimum absolute atomic E-state index is 0.369. The summed E-state index contributed by atoms with van der Waals surface area (Å²) in [4.78, 5) is 11.1. The van der Waals surface area contributed by atoms with Crippen LogP contribution in [0.5, 0.6) is 5.75 Å². The first kappa shape index (κ1) is 12.5. The fraction of sp³-hybridized carbons (Fsp3) is 0.182. The molecule has 84 valence electrons. The SMILES string of the molecule is C=CC(=O)Oc1c(C)cc(B(O)O)cc1C. The van der Waals surface area contributed by atoms with Crippen molar-refractivity contribution in [1.82, 2.24) is 0 Å². The van der Waals surface area contributed by atoms with Gasteiger partial charge < -0.3 is 14.8 Å². The molecule has 16 heavy (non-hydrogen) atoms. The molecule has 2 N–H and O–H groups in total. The summed E-state index contributed by atoms with van der Waals surface area (Å²) >= 11 is 0. The van der Waals surface area contributed by atoms with Crippen molar-refractivity contribution >= 4 is 18.6 Å². The molecule has 0 aliphatic carbocycles. The second-order valence-electron chi connectivity index (χ2n) is 3.48. The molecule has 0 fully saturated rings. The van der Waals surface area contributed by atoms with E-state index in [-0.39, 0.29) is 0 Å². The molecule has 0 spiro atoms. The molecule has 4 nitrogen and oxygen atoms in total. The van der Waals surface area contributed by atoms with Crippen LogP contribution in [0.1, 0.15) is 11.1 Å². The van der Waals surface area contributed by atoms with Crippen LogP contribution in [-0.2, 0) is 4.79 Å². The zero-order valence-electron chi connectivity index (χ0n) is 9.23. The number of esters is 1. The molecule has 0 saturated carbocycles. The summed E-state index contributed by atoms with van der Waals surface area (Å²) in [5.41, 5.74) is 1.70. The van der Waals surface area contributed by atoms with Crippen LogP contribution in [0.25, 0.3) is 0 Å². The van der Waals surface area contributed by atoms with E-state index in [2.05, 4.69) is 6.58 Å². The third-order valence-electron chi connectivity index (χ3n) is 2.15. The number of carbonyl (C=O) groups is 1. The predicted octanol–water partition coefficient (Wildman–Crippen LogP) is 0.0746. The monoisotopic (exact) mass is 220 g/mol. The van der Waals surface area contributed by atoms with Crippen LogP contribution >= 0.6 is 0 Å². The lowest BCUT2D eigenvalue weighted by Gasteiger charge is -2.11. The fourth-order valence-corrected chi connectivity index (χ4v) is 1.44. The van der Waals surface area contributed by atoms with E-state index in [9.17, 15) is 4.79 Å². The maximum Gasteiger partial charge on any atom is 0.488 e. The Labute approximate surface area is 94.3 Å². The third-order valence-corrected chi connectivity index (χ3v) is 2.15. The van der Waals surface area contributed by atoms with E-state index in [1.165, 1.54) is 0 Å². The first-order chi connectivity index (χ1) is 7.45. The van der Waals surface area contributed by atoms with Gasteiger partial charge in [0.15, 0.2) is 0 Å². The molecule has 0 radical (unpaired) electrons. The molecule has 0 aliphatic rings. The van der Waals surface area contributed by atoms with Gasteiger partial charge in [0.05, 0.1) is 0 Å². The second kappa shape index (κ2) is 4.96. The molecule has 0 saturated heterocycles. The molecule has 0 unspecified atom stereocenters. The minimum atomic E-state index is -1.53. The average Bonchev–Trinajstić information content (AvgIpc) is 2.22. The van der Waals surface area contributed by atoms with Gasteiger partial charge in [-0.2, -0.15) is 0 Å². The van der Waals surface area contributed by atoms with Crippen LogP contribution in [0.3, 0.4) is 0 Å². The normalized spacial score (nSPS) is 9.75. The molecule has 0 aliphatic heterocycles. The molecule has 1 rings (SSSR count). The van der Waals surface area contributed by atoms with E-state index < -0.39 is 13.1 Å². The van der Waals surface area contributed by atoms with Crippen molar-refractivity contribution in [2.45, 2.75) is 13.8 Å². The highest BCUT2D eigenvalue weighted by atomic mass is 16.5. The second-order valence-corrected chi connectivity index (χ2v) is 3.48. The van der Waals surface area contributed by atoms with Gasteiger partial charge in [0, 0.05) is 6.08 Å². The Morgan fingerprint density at radius 2 is 1.88 bits per heavy atom. The Morgan fingerprint density at radius 1 is 1.38 bits per heavy atom. The standard InChI is InChI=1S/C11H13BO4/c1-4-10(13)16-11-7(2)5-9(12(14)15)6-8(11)3/h4-6,14-15H,1H2,2-3H3. The Balaban J connectivity index is 3.12. The van der Waals surface area contributed by atoms with E-state index in [4.69, 9.17) is 14.8 Å². The molecular weight excluding hydrogens is 207 g/mol. The van der Waals surface area contributed by atoms with Crippen LogP contribution in [0.4, 0.5) is 0 Å². The van der Waals surface area contributed by atoms with Gasteiger partial charge in [0.1, 0.15) is 5.75 Å². The highest BCUT2D eigenvalue weighted by molar-refractivity contribution is 6.58. The lowest BCUT2D eigenvalue weighted by molar-refractivity contribution is -0.129. The largest absolute Gasteiger partial charge is 0.488 e. The quantitative estimate of drug-likeness (QED) is 0.327. The lowest BCUT2D eigenvalue weighted by atomic mass is 9.78. The molecule has 0 bridgehead atoms. The van der Waals surface area contributed by atoms with Crippen molar-refractivity contribution in [3.63, 3.8) is 0 Å². The van der Waals surface area contributed by atoms with E-state index in [1.54, 1.807) is 26.0 Å². The van der Waals surface area contributed by atoms with Gasteiger partial charge in [-0.3, -0.25) is 0 Å². The smallest absolute Gasteiger partial charge is 0.423 e. The Hall–Kier alpha value is -1.59. The van der Waals surface area contributed by atoms with Crippen LogP contribution in [0.2, 0.25) is 0 Å². The Morgan fingerprint density at radius 3 is 2.25 bits per heavy atom. The number of hydrogen-bond acceptors (Lipinski definition) is 4. The number of benzene rings is 1. The molecular formula is C11H13BO4. The summed E-state index contributed by atoms with van der Waals surface area (Å²) in [5, 5.41) is 18.0. The first-order valence-corrected chi connectivity index (χ1v) is 4.77. The summed E-state index contributed by atoms with van der Waals surface area (Å²) in [6, 6.07) is 3.12. The topological polar surface area (TPSA) is 66.8 Å². The van der Waals surface area contributed by atoms with Crippen LogP contribution < -0.4 is 10.2 Å². The molecule has 5 heteroatoms. The highest BCUT2D eigenvalue weighted by Gasteiger charge is 2.15. The first-order valence-electron chi connectivity index (χ1n) is 4.77. The van der Waals surface area contributed by atoms with E-state index in [0.29, 0.717) is 22.3 Å². The third kappa shape index (κ3) is 2.71. The summed E-state index contributed by atoms with van der Waals surface area (Å²) in [6.07, 6.45) is 1.08. The van der Waals surface area contributed by atoms with Crippen LogP contribution in [0.15, 0.2) is 24.8 Å². The number of carbonyl (C=O) groups excluding carboxylic acids is 1. The Kier molecular flexibility index (Phi) is 3.87. The maximum atomic E-state index is 11.1. The Bertz CT molecular complexity index is 403. The molecule has 0 heterocycles. The number of rotatable bonds is 3. The van der Waals surface area contributed by atoms with E-state index in [0.717, 1.165) is 6.08 Å². The average molecular weight is 220 g/mol. The minimum Gasteiger partial charge on any atom is -0.423 e. The molecule has 1 aromatic carbocycles. The van der Waals surface area contributed by atoms with Crippen molar-refractivity contribution in [2.24, 2.45) is 0 Å². The number of ether oxygens (including phenoxy) is 1. The van der Waals surface area contributed by atoms with Gasteiger partial charge in [0.25, 0.3) is 0 Å². The fourth-order valence-electron chi connectivity index (χ4n) is 1.44. The number of aryl methyl sites for hydroxylation is 2. The summed E-state index contributed by atoms with van der Waals surface area (Å²) in [6.45, 7) is 6.76. The molecule has 1 aromatic rings. The summed E-state index contributed by atoms with van der Waals surface area (Å²) in [7, 11) is -1.53. The van der Waals surface area contributed by atoms with Gasteiger partial charge in [-0.25, -0.2) is 4.79 Å². The number of hydrogen-bond donors (Lipinski definition) is 2. The maximum absolute atomic E-state index is 11.1. The molecule has 0 amide bonds. The lowest BCUT2D eigenvalue weighted by Crippen LogP contribution is -2.30. The zero-order chi connectivity index (χ0) is 12.3. The van der Waals surface area contributed by atoms with Gasteiger partial charge >= 0.3 is 13.1 Å². The van der Waals surface area contributed by atoms with Crippen molar-refractivity contribution in [1.29, 1.82) is 0 Å². The zero-order valence-corrected chi connectivity index (χ0v) is 9.23. The van der Waals surface area contributed by atoms with Gasteiger partial charge in [0.2, 0.25) is 0 Å². The van der Waals surface area contributed by atoms with E-state index >= 15 is 0 Å². The van der Waals surface area contributed by atoms with Crippen molar-refractivity contribution in [3.05, 3.63) is 35.9 Å². The predicted molar refractivity (Wildman–Crippen MR) is 61.6 cm³/mol. The van der Waals surface area contributed by atoms with Crippen LogP contribution in [-0.4, -0.2) is 23.1 Å². The van der Waals surface area contributed by atoms with Gasteiger partial charge in [-0.1, -0.05) is 18.7 Å². The van der Waals surface area contributed by atoms with Gasteiger partial charge in [-0.05, 0) is 30.4 Å². The van der Waals surface area contributed by atoms with Crippen molar-refractivity contribution in [2.75, 3.05) is 0 Å². The molecule has 0 atom stereocenters. The van der Waals surface area contributed by atoms with Crippen LogP contribution in [0, 0.1) is 13.8 Å². The summed E-state index contributed by atoms with van der Waals surface area (Å²) < 4.78 is 5.04. The van der Waals surface area contributed by atoms with Gasteiger partial charge in [-0.15, -0.1) is 0 Å².